The summed E-state index contributed by atoms with van der Waals surface area (Å²) >= 11 is 0. The number of rotatable bonds is 5. The molecule has 3 fully saturated rings. The number of allylic oxidation sites excluding steroid dienone is 3. The van der Waals surface area contributed by atoms with E-state index in [1.807, 2.05) is 19.9 Å². The second-order valence-corrected chi connectivity index (χ2v) is 13.1. The second kappa shape index (κ2) is 9.68. The minimum Gasteiger partial charge on any atom is -0.478 e. The number of esters is 1. The molecule has 0 bridgehead atoms. The van der Waals surface area contributed by atoms with Crippen molar-refractivity contribution in [2.45, 2.75) is 112 Å². The predicted octanol–water partition coefficient (Wildman–Crippen LogP) is 5.59. The fraction of sp³-hybridized carbons (Fsp3) is 0.742. The number of aliphatic carboxylic acids is 1. The third-order valence-corrected chi connectivity index (χ3v) is 11.0. The molecule has 6 heteroatoms. The smallest absolute Gasteiger partial charge is 0.331 e. The lowest BCUT2D eigenvalue weighted by Gasteiger charge is -2.66. The van der Waals surface area contributed by atoms with Gasteiger partial charge in [0.2, 0.25) is 0 Å². The van der Waals surface area contributed by atoms with Crippen LogP contribution in [0.2, 0.25) is 0 Å². The first-order valence-corrected chi connectivity index (χ1v) is 14.0. The Hall–Kier alpha value is -1.92. The van der Waals surface area contributed by atoms with Crippen molar-refractivity contribution in [3.05, 3.63) is 34.4 Å². The molecule has 3 N–H and O–H groups in total. The Morgan fingerprint density at radius 2 is 1.84 bits per heavy atom. The zero-order valence-corrected chi connectivity index (χ0v) is 23.6. The number of carbonyl (C=O) groups is 2. The molecule has 0 saturated heterocycles. The Kier molecular flexibility index (Phi) is 7.35. The van der Waals surface area contributed by atoms with Gasteiger partial charge in [-0.1, -0.05) is 51.0 Å². The number of aliphatic hydroxyl groups excluding tert-OH is 2. The van der Waals surface area contributed by atoms with Crippen LogP contribution in [0.3, 0.4) is 0 Å². The lowest BCUT2D eigenvalue weighted by molar-refractivity contribution is -0.159. The first-order valence-electron chi connectivity index (χ1n) is 14.0. The number of hydrogen-bond acceptors (Lipinski definition) is 5. The normalized spacial score (nSPS) is 44.1. The van der Waals surface area contributed by atoms with Crippen LogP contribution in [0.1, 0.15) is 93.4 Å². The summed E-state index contributed by atoms with van der Waals surface area (Å²) in [6.45, 7) is 14.2. The largest absolute Gasteiger partial charge is 0.478 e. The molecule has 4 aliphatic carbocycles. The van der Waals surface area contributed by atoms with E-state index in [0.29, 0.717) is 36.8 Å². The zero-order valence-electron chi connectivity index (χ0n) is 23.6. The van der Waals surface area contributed by atoms with Gasteiger partial charge in [-0.15, -0.1) is 0 Å². The molecule has 0 amide bonds. The molecule has 0 unspecified atom stereocenters. The van der Waals surface area contributed by atoms with E-state index in [0.717, 1.165) is 24.8 Å². The maximum atomic E-state index is 12.6. The minimum atomic E-state index is -0.971. The Labute approximate surface area is 221 Å². The van der Waals surface area contributed by atoms with Crippen LogP contribution in [0, 0.1) is 34.0 Å². The number of hydrogen-bond donors (Lipinski definition) is 3. The van der Waals surface area contributed by atoms with E-state index < -0.39 is 35.0 Å². The van der Waals surface area contributed by atoms with Crippen LogP contribution in [0.5, 0.6) is 0 Å². The van der Waals surface area contributed by atoms with Crippen molar-refractivity contribution in [2.75, 3.05) is 0 Å². The van der Waals surface area contributed by atoms with Gasteiger partial charge >= 0.3 is 11.9 Å². The van der Waals surface area contributed by atoms with E-state index in [9.17, 15) is 24.9 Å². The first kappa shape index (κ1) is 28.1. The third kappa shape index (κ3) is 4.23. The summed E-state index contributed by atoms with van der Waals surface area (Å²) in [6.07, 6.45) is 7.05. The summed E-state index contributed by atoms with van der Waals surface area (Å²) in [5, 5.41) is 32.9. The number of carboxylic acid groups (broad SMARTS) is 1. The summed E-state index contributed by atoms with van der Waals surface area (Å²) in [5.41, 5.74) is 2.22. The van der Waals surface area contributed by atoms with Crippen LogP contribution in [0.15, 0.2) is 34.4 Å². The maximum absolute atomic E-state index is 12.6. The van der Waals surface area contributed by atoms with Crippen molar-refractivity contribution in [1.29, 1.82) is 0 Å². The second-order valence-electron chi connectivity index (χ2n) is 13.1. The van der Waals surface area contributed by atoms with Crippen LogP contribution >= 0.6 is 0 Å². The molecule has 4 rings (SSSR count). The van der Waals surface area contributed by atoms with Crippen LogP contribution in [-0.4, -0.2) is 45.6 Å². The van der Waals surface area contributed by atoms with Gasteiger partial charge in [0.05, 0.1) is 12.2 Å². The molecule has 3 saturated carbocycles. The molecule has 0 aromatic heterocycles. The molecule has 0 aromatic rings. The summed E-state index contributed by atoms with van der Waals surface area (Å²) in [4.78, 5) is 24.8. The molecule has 0 heterocycles. The molecule has 0 aromatic carbocycles. The van der Waals surface area contributed by atoms with Gasteiger partial charge < -0.3 is 20.1 Å². The van der Waals surface area contributed by atoms with Crippen molar-refractivity contribution >= 4 is 11.9 Å². The SMILES string of the molecule is CC(=O)O[C@H]1C[C@]2(C)C3=CC[C@H]4[C@H](C)[C@H](O)CC[C@]4(C)[C@@]3(C)[C@H](O)C[C@H]2/C1=C(\CCC=C(C)C)C(=O)O. The number of ether oxygens (including phenoxy) is 1. The van der Waals surface area contributed by atoms with Gasteiger partial charge in [-0.05, 0) is 93.0 Å². The van der Waals surface area contributed by atoms with E-state index in [1.165, 1.54) is 12.5 Å². The molecule has 206 valence electrons. The van der Waals surface area contributed by atoms with E-state index in [1.54, 1.807) is 0 Å². The van der Waals surface area contributed by atoms with Crippen LogP contribution in [-0.2, 0) is 14.3 Å². The van der Waals surface area contributed by atoms with Crippen molar-refractivity contribution < 1.29 is 29.6 Å². The zero-order chi connectivity index (χ0) is 27.5. The monoisotopic (exact) mass is 514 g/mol. The number of aliphatic hydroxyl groups is 2. The van der Waals surface area contributed by atoms with E-state index >= 15 is 0 Å². The van der Waals surface area contributed by atoms with Crippen LogP contribution in [0.25, 0.3) is 0 Å². The molecule has 4 aliphatic rings. The lowest BCUT2D eigenvalue weighted by atomic mass is 9.39. The summed E-state index contributed by atoms with van der Waals surface area (Å²) in [7, 11) is 0. The predicted molar refractivity (Wildman–Crippen MR) is 143 cm³/mol. The quantitative estimate of drug-likeness (QED) is 0.251. The standard InChI is InChI=1S/C31H46O6/c1-17(2)9-8-10-20(28(35)36)27-22-15-26(34)31(7)25(29(22,5)16-24(27)37-19(4)32)12-11-21-18(3)23(33)13-14-30(21,31)6/h9,12,18,21-24,26,33-34H,8,10-11,13-16H2,1-7H3,(H,35,36)/b27-20-/t18-,21-,22-,23+,24-,26+,29-,30-,31+/m0/s1. The number of carboxylic acids is 1. The van der Waals surface area contributed by atoms with Gasteiger partial charge in [-0.3, -0.25) is 4.79 Å². The number of fused-ring (bicyclic) bond motifs is 5. The maximum Gasteiger partial charge on any atom is 0.331 e. The van der Waals surface area contributed by atoms with E-state index in [4.69, 9.17) is 4.74 Å². The topological polar surface area (TPSA) is 104 Å². The highest BCUT2D eigenvalue weighted by Crippen LogP contribution is 2.72. The summed E-state index contributed by atoms with van der Waals surface area (Å²) in [5.74, 6) is -1.19. The van der Waals surface area contributed by atoms with E-state index in [2.05, 4.69) is 33.8 Å². The van der Waals surface area contributed by atoms with Gasteiger partial charge in [0.15, 0.2) is 0 Å². The lowest BCUT2D eigenvalue weighted by Crippen LogP contribution is -2.63. The van der Waals surface area contributed by atoms with Crippen LogP contribution < -0.4 is 0 Å². The molecule has 0 aliphatic heterocycles. The van der Waals surface area contributed by atoms with Gasteiger partial charge in [0.25, 0.3) is 0 Å². The van der Waals surface area contributed by atoms with Crippen molar-refractivity contribution in [2.24, 2.45) is 34.0 Å². The number of carbonyl (C=O) groups excluding carboxylic acids is 1. The molecule has 6 nitrogen and oxygen atoms in total. The Bertz CT molecular complexity index is 1050. The summed E-state index contributed by atoms with van der Waals surface area (Å²) in [6, 6.07) is 0. The minimum absolute atomic E-state index is 0.146. The molecule has 9 atom stereocenters. The highest BCUT2D eigenvalue weighted by molar-refractivity contribution is 5.88. The summed E-state index contributed by atoms with van der Waals surface area (Å²) < 4.78 is 5.83. The third-order valence-electron chi connectivity index (χ3n) is 11.0. The van der Waals surface area contributed by atoms with Gasteiger partial charge in [0.1, 0.15) is 6.10 Å². The molecular formula is C31H46O6. The highest BCUT2D eigenvalue weighted by Gasteiger charge is 2.68. The fourth-order valence-electron chi connectivity index (χ4n) is 8.95. The van der Waals surface area contributed by atoms with Gasteiger partial charge in [-0.2, -0.15) is 0 Å². The first-order chi connectivity index (χ1) is 17.2. The molecular weight excluding hydrogens is 468 g/mol. The average Bonchev–Trinajstić information content (AvgIpc) is 3.06. The van der Waals surface area contributed by atoms with Gasteiger partial charge in [0, 0.05) is 17.9 Å². The fourth-order valence-corrected chi connectivity index (χ4v) is 8.95. The van der Waals surface area contributed by atoms with Crippen LogP contribution in [0.4, 0.5) is 0 Å². The molecule has 37 heavy (non-hydrogen) atoms. The Morgan fingerprint density at radius 1 is 1.16 bits per heavy atom. The molecule has 0 radical (unpaired) electrons. The van der Waals surface area contributed by atoms with Crippen molar-refractivity contribution in [3.63, 3.8) is 0 Å². The Morgan fingerprint density at radius 3 is 2.43 bits per heavy atom. The Balaban J connectivity index is 1.86. The highest BCUT2D eigenvalue weighted by atomic mass is 16.5. The van der Waals surface area contributed by atoms with E-state index in [-0.39, 0.29) is 29.3 Å². The van der Waals surface area contributed by atoms with Crippen molar-refractivity contribution in [1.82, 2.24) is 0 Å². The molecule has 0 spiro atoms. The average molecular weight is 515 g/mol. The van der Waals surface area contributed by atoms with Gasteiger partial charge in [-0.25, -0.2) is 4.79 Å². The van der Waals surface area contributed by atoms with Crippen molar-refractivity contribution in [3.8, 4) is 0 Å².